The van der Waals surface area contributed by atoms with Crippen molar-refractivity contribution in [2.24, 2.45) is 0 Å². The summed E-state index contributed by atoms with van der Waals surface area (Å²) in [5, 5.41) is 17.2. The van der Waals surface area contributed by atoms with Crippen molar-refractivity contribution in [3.05, 3.63) is 29.8 Å². The van der Waals surface area contributed by atoms with Crippen molar-refractivity contribution in [2.75, 3.05) is 51.2 Å². The molecule has 0 radical (unpaired) electrons. The molecule has 0 spiro atoms. The Kier molecular flexibility index (Phi) is 8.38. The first-order valence-corrected chi connectivity index (χ1v) is 8.91. The molecule has 1 aromatic rings. The van der Waals surface area contributed by atoms with E-state index in [9.17, 15) is 9.59 Å². The van der Waals surface area contributed by atoms with Gasteiger partial charge < -0.3 is 26.0 Å². The number of amides is 2. The minimum Gasteiger partial charge on any atom is -0.395 e. The molecule has 4 N–H and O–H groups in total. The Morgan fingerprint density at radius 2 is 1.92 bits per heavy atom. The fourth-order valence-corrected chi connectivity index (χ4v) is 2.84. The van der Waals surface area contributed by atoms with Crippen molar-refractivity contribution in [1.29, 1.82) is 0 Å². The summed E-state index contributed by atoms with van der Waals surface area (Å²) in [4.78, 5) is 26.4. The van der Waals surface area contributed by atoms with Gasteiger partial charge in [-0.05, 0) is 44.1 Å². The predicted molar refractivity (Wildman–Crippen MR) is 97.7 cm³/mol. The van der Waals surface area contributed by atoms with E-state index in [2.05, 4.69) is 20.9 Å². The van der Waals surface area contributed by atoms with Crippen LogP contribution in [0.2, 0.25) is 0 Å². The second kappa shape index (κ2) is 10.8. The van der Waals surface area contributed by atoms with Gasteiger partial charge in [0.15, 0.2) is 0 Å². The van der Waals surface area contributed by atoms with Gasteiger partial charge in [-0.15, -0.1) is 0 Å². The maximum Gasteiger partial charge on any atom is 0.251 e. The average Bonchev–Trinajstić information content (AvgIpc) is 2.63. The molecule has 1 saturated heterocycles. The van der Waals surface area contributed by atoms with Crippen LogP contribution in [0.4, 0.5) is 5.69 Å². The number of carbonyl (C=O) groups excluding carboxylic acids is 2. The quantitative estimate of drug-likeness (QED) is 0.486. The molecule has 1 aliphatic heterocycles. The van der Waals surface area contributed by atoms with E-state index in [1.54, 1.807) is 24.3 Å². The molecule has 0 atom stereocenters. The summed E-state index contributed by atoms with van der Waals surface area (Å²) in [5.41, 5.74) is 1.11. The van der Waals surface area contributed by atoms with Crippen molar-refractivity contribution in [1.82, 2.24) is 15.5 Å². The molecule has 2 rings (SSSR count). The molecule has 7 heteroatoms. The van der Waals surface area contributed by atoms with Crippen LogP contribution in [0.15, 0.2) is 24.3 Å². The van der Waals surface area contributed by atoms with Crippen LogP contribution >= 0.6 is 0 Å². The zero-order chi connectivity index (χ0) is 17.9. The molecule has 0 aliphatic carbocycles. The number of likely N-dealkylation sites (tertiary alicyclic amines) is 1. The molecule has 1 heterocycles. The molecule has 0 aromatic heterocycles. The normalized spacial score (nSPS) is 14.9. The van der Waals surface area contributed by atoms with Gasteiger partial charge in [-0.25, -0.2) is 0 Å². The van der Waals surface area contributed by atoms with Gasteiger partial charge in [-0.3, -0.25) is 9.59 Å². The van der Waals surface area contributed by atoms with Crippen LogP contribution in [0.25, 0.3) is 0 Å². The van der Waals surface area contributed by atoms with Crippen LogP contribution in [0.1, 0.15) is 29.6 Å². The monoisotopic (exact) mass is 348 g/mol. The fraction of sp³-hybridized carbons (Fsp3) is 0.556. The first-order chi connectivity index (χ1) is 12.2. The molecule has 1 fully saturated rings. The molecular weight excluding hydrogens is 320 g/mol. The third-order valence-electron chi connectivity index (χ3n) is 4.14. The maximum absolute atomic E-state index is 12.3. The lowest BCUT2D eigenvalue weighted by Gasteiger charge is -2.26. The van der Waals surface area contributed by atoms with Gasteiger partial charge in [0.25, 0.3) is 5.91 Å². The van der Waals surface area contributed by atoms with E-state index in [0.717, 1.165) is 19.6 Å². The number of nitrogens with one attached hydrogen (secondary N) is 3. The SMILES string of the molecule is O=C(CNCCO)Nc1cccc(C(=O)NCCN2CCCCC2)c1. The van der Waals surface area contributed by atoms with Crippen molar-refractivity contribution < 1.29 is 14.7 Å². The van der Waals surface area contributed by atoms with Crippen LogP contribution in [0, 0.1) is 0 Å². The van der Waals surface area contributed by atoms with Gasteiger partial charge in [0, 0.05) is 30.9 Å². The molecule has 1 aliphatic rings. The summed E-state index contributed by atoms with van der Waals surface area (Å²) in [7, 11) is 0. The number of anilines is 1. The Bertz CT molecular complexity index is 559. The third kappa shape index (κ3) is 7.21. The third-order valence-corrected chi connectivity index (χ3v) is 4.14. The number of aliphatic hydroxyl groups is 1. The molecule has 0 saturated carbocycles. The predicted octanol–water partition coefficient (Wildman–Crippen LogP) is 0.423. The van der Waals surface area contributed by atoms with E-state index in [4.69, 9.17) is 5.11 Å². The Balaban J connectivity index is 1.76. The van der Waals surface area contributed by atoms with Gasteiger partial charge in [0.2, 0.25) is 5.91 Å². The van der Waals surface area contributed by atoms with Gasteiger partial charge in [-0.1, -0.05) is 12.5 Å². The summed E-state index contributed by atoms with van der Waals surface area (Å²) in [6, 6.07) is 6.89. The highest BCUT2D eigenvalue weighted by atomic mass is 16.3. The molecule has 0 unspecified atom stereocenters. The number of nitrogens with zero attached hydrogens (tertiary/aromatic N) is 1. The first kappa shape index (κ1) is 19.4. The number of aliphatic hydroxyl groups excluding tert-OH is 1. The van der Waals surface area contributed by atoms with Crippen molar-refractivity contribution >= 4 is 17.5 Å². The number of rotatable bonds is 9. The van der Waals surface area contributed by atoms with Gasteiger partial charge in [-0.2, -0.15) is 0 Å². The van der Waals surface area contributed by atoms with E-state index in [1.807, 2.05) is 0 Å². The van der Waals surface area contributed by atoms with Crippen LogP contribution in [-0.4, -0.2) is 67.7 Å². The molecule has 1 aromatic carbocycles. The number of hydrogen-bond donors (Lipinski definition) is 4. The summed E-state index contributed by atoms with van der Waals surface area (Å²) >= 11 is 0. The average molecular weight is 348 g/mol. The highest BCUT2D eigenvalue weighted by molar-refractivity contribution is 5.97. The fourth-order valence-electron chi connectivity index (χ4n) is 2.84. The minimum absolute atomic E-state index is 0.0135. The van der Waals surface area contributed by atoms with Gasteiger partial charge in [0.1, 0.15) is 0 Å². The Hall–Kier alpha value is -1.96. The van der Waals surface area contributed by atoms with Crippen molar-refractivity contribution in [3.63, 3.8) is 0 Å². The summed E-state index contributed by atoms with van der Waals surface area (Å²) in [6.07, 6.45) is 3.78. The lowest BCUT2D eigenvalue weighted by atomic mass is 10.1. The van der Waals surface area contributed by atoms with Crippen molar-refractivity contribution in [2.45, 2.75) is 19.3 Å². The van der Waals surface area contributed by atoms with E-state index in [0.29, 0.717) is 24.3 Å². The molecule has 138 valence electrons. The highest BCUT2D eigenvalue weighted by Crippen LogP contribution is 2.11. The summed E-state index contributed by atoms with van der Waals surface area (Å²) in [6.45, 7) is 4.20. The molecule has 7 nitrogen and oxygen atoms in total. The van der Waals surface area contributed by atoms with E-state index < -0.39 is 0 Å². The number of benzene rings is 1. The summed E-state index contributed by atoms with van der Waals surface area (Å²) < 4.78 is 0. The highest BCUT2D eigenvalue weighted by Gasteiger charge is 2.11. The lowest BCUT2D eigenvalue weighted by molar-refractivity contribution is -0.115. The zero-order valence-corrected chi connectivity index (χ0v) is 14.6. The first-order valence-electron chi connectivity index (χ1n) is 8.91. The van der Waals surface area contributed by atoms with Crippen LogP contribution in [0.5, 0.6) is 0 Å². The summed E-state index contributed by atoms with van der Waals surface area (Å²) in [5.74, 6) is -0.345. The Labute approximate surface area is 148 Å². The second-order valence-electron chi connectivity index (χ2n) is 6.19. The number of carbonyl (C=O) groups is 2. The van der Waals surface area contributed by atoms with Crippen LogP contribution < -0.4 is 16.0 Å². The Morgan fingerprint density at radius 3 is 2.68 bits per heavy atom. The molecule has 2 amide bonds. The van der Waals surface area contributed by atoms with Crippen LogP contribution in [-0.2, 0) is 4.79 Å². The minimum atomic E-state index is -0.212. The number of hydrogen-bond acceptors (Lipinski definition) is 5. The van der Waals surface area contributed by atoms with E-state index in [-0.39, 0.29) is 25.0 Å². The Morgan fingerprint density at radius 1 is 1.12 bits per heavy atom. The standard InChI is InChI=1S/C18H28N4O3/c23-12-8-19-14-17(24)21-16-6-4-5-15(13-16)18(25)20-7-11-22-9-2-1-3-10-22/h4-6,13,19,23H,1-3,7-12,14H2,(H,20,25)(H,21,24). The van der Waals surface area contributed by atoms with Crippen molar-refractivity contribution in [3.8, 4) is 0 Å². The van der Waals surface area contributed by atoms with E-state index >= 15 is 0 Å². The van der Waals surface area contributed by atoms with E-state index in [1.165, 1.54) is 19.3 Å². The molecule has 25 heavy (non-hydrogen) atoms. The lowest BCUT2D eigenvalue weighted by Crippen LogP contribution is -2.37. The van der Waals surface area contributed by atoms with Gasteiger partial charge >= 0.3 is 0 Å². The molecular formula is C18H28N4O3. The number of piperidine rings is 1. The smallest absolute Gasteiger partial charge is 0.251 e. The van der Waals surface area contributed by atoms with Crippen LogP contribution in [0.3, 0.4) is 0 Å². The van der Waals surface area contributed by atoms with Gasteiger partial charge in [0.05, 0.1) is 13.2 Å². The topological polar surface area (TPSA) is 93.7 Å². The largest absolute Gasteiger partial charge is 0.395 e. The molecule has 0 bridgehead atoms. The zero-order valence-electron chi connectivity index (χ0n) is 14.6. The second-order valence-corrected chi connectivity index (χ2v) is 6.19. The maximum atomic E-state index is 12.3.